The Kier molecular flexibility index (Phi) is 3.78. The highest BCUT2D eigenvalue weighted by molar-refractivity contribution is 5.76. The van der Waals surface area contributed by atoms with Crippen LogP contribution in [0.3, 0.4) is 0 Å². The van der Waals surface area contributed by atoms with Crippen molar-refractivity contribution >= 4 is 5.97 Å². The first kappa shape index (κ1) is 14.6. The lowest BCUT2D eigenvalue weighted by Crippen LogP contribution is -2.42. The zero-order chi connectivity index (χ0) is 15.0. The van der Waals surface area contributed by atoms with Gasteiger partial charge in [-0.15, -0.1) is 0 Å². The van der Waals surface area contributed by atoms with Gasteiger partial charge in [-0.1, -0.05) is 6.92 Å². The lowest BCUT2D eigenvalue weighted by Gasteiger charge is -2.30. The molecule has 1 N–H and O–H groups in total. The molecular weight excluding hydrogens is 268 g/mol. The summed E-state index contributed by atoms with van der Waals surface area (Å²) in [7, 11) is 0. The van der Waals surface area contributed by atoms with E-state index in [2.05, 4.69) is 18.1 Å². The zero-order valence-corrected chi connectivity index (χ0v) is 12.8. The molecule has 116 valence electrons. The van der Waals surface area contributed by atoms with Crippen LogP contribution in [-0.2, 0) is 28.9 Å². The largest absolute Gasteiger partial charge is 0.481 e. The van der Waals surface area contributed by atoms with Gasteiger partial charge in [0.05, 0.1) is 11.8 Å². The maximum atomic E-state index is 12.0. The van der Waals surface area contributed by atoms with E-state index in [1.807, 2.05) is 11.6 Å². The minimum absolute atomic E-state index is 0.125. The predicted octanol–water partition coefficient (Wildman–Crippen LogP) is 2.28. The van der Waals surface area contributed by atoms with Crippen molar-refractivity contribution in [1.82, 2.24) is 9.78 Å². The highest BCUT2D eigenvalue weighted by Gasteiger charge is 2.56. The molecule has 5 heteroatoms. The lowest BCUT2D eigenvalue weighted by molar-refractivity contribution is -0.153. The number of carboxylic acid groups (broad SMARTS) is 1. The third-order valence-corrected chi connectivity index (χ3v) is 4.94. The summed E-state index contributed by atoms with van der Waals surface area (Å²) < 4.78 is 7.77. The highest BCUT2D eigenvalue weighted by Crippen LogP contribution is 2.49. The number of hydrogen-bond acceptors (Lipinski definition) is 3. The van der Waals surface area contributed by atoms with Gasteiger partial charge in [0.1, 0.15) is 5.41 Å². The molecule has 0 spiro atoms. The number of hydrogen-bond donors (Lipinski definition) is 1. The van der Waals surface area contributed by atoms with Gasteiger partial charge in [0.25, 0.3) is 0 Å². The van der Waals surface area contributed by atoms with Crippen LogP contribution in [0.4, 0.5) is 0 Å². The Morgan fingerprint density at radius 3 is 2.86 bits per heavy atom. The summed E-state index contributed by atoms with van der Waals surface area (Å²) in [6, 6.07) is 2.07. The molecule has 21 heavy (non-hydrogen) atoms. The number of rotatable bonds is 6. The first-order chi connectivity index (χ1) is 10.1. The van der Waals surface area contributed by atoms with Crippen LogP contribution < -0.4 is 0 Å². The Bertz CT molecular complexity index is 536. The molecule has 0 radical (unpaired) electrons. The Morgan fingerprint density at radius 2 is 2.29 bits per heavy atom. The van der Waals surface area contributed by atoms with E-state index in [-0.39, 0.29) is 6.10 Å². The number of aryl methyl sites for hydroxylation is 2. The minimum Gasteiger partial charge on any atom is -0.481 e. The summed E-state index contributed by atoms with van der Waals surface area (Å²) in [5.74, 6) is -0.272. The summed E-state index contributed by atoms with van der Waals surface area (Å²) in [6.07, 6.45) is 4.10. The van der Waals surface area contributed by atoms with Crippen LogP contribution in [0.1, 0.15) is 44.5 Å². The van der Waals surface area contributed by atoms with Crippen LogP contribution in [0, 0.1) is 11.3 Å². The van der Waals surface area contributed by atoms with Crippen LogP contribution in [-0.4, -0.2) is 33.6 Å². The van der Waals surface area contributed by atoms with Gasteiger partial charge in [0.15, 0.2) is 0 Å². The fourth-order valence-corrected chi connectivity index (χ4v) is 3.58. The summed E-state index contributed by atoms with van der Waals surface area (Å²) in [6.45, 7) is 5.46. The average Bonchev–Trinajstić information content (AvgIpc) is 3.10. The summed E-state index contributed by atoms with van der Waals surface area (Å²) in [5.41, 5.74) is 1.31. The predicted molar refractivity (Wildman–Crippen MR) is 78.1 cm³/mol. The smallest absolute Gasteiger partial charge is 0.312 e. The monoisotopic (exact) mass is 292 g/mol. The molecule has 1 saturated heterocycles. The number of carboxylic acids is 1. The standard InChI is InChI=1S/C16H24N2O3/c1-3-12-9-13(18(4-2)17-12)10-16(15(19)20)7-8-21-14(16)11-5-6-11/h9,11,14H,3-8,10H2,1-2H3,(H,19,20). The SMILES string of the molecule is CCc1cc(CC2(C(=O)O)CCOC2C2CC2)n(CC)n1. The zero-order valence-electron chi connectivity index (χ0n) is 12.8. The molecule has 1 saturated carbocycles. The fraction of sp³-hybridized carbons (Fsp3) is 0.750. The third-order valence-electron chi connectivity index (χ3n) is 4.94. The third kappa shape index (κ3) is 2.48. The molecule has 2 aliphatic rings. The molecule has 0 aromatic carbocycles. The number of aromatic nitrogens is 2. The second-order valence-corrected chi connectivity index (χ2v) is 6.31. The molecule has 5 nitrogen and oxygen atoms in total. The lowest BCUT2D eigenvalue weighted by atomic mass is 9.75. The number of aliphatic carboxylic acids is 1. The first-order valence-corrected chi connectivity index (χ1v) is 8.01. The minimum atomic E-state index is -0.765. The Hall–Kier alpha value is -1.36. The first-order valence-electron chi connectivity index (χ1n) is 8.01. The molecule has 0 amide bonds. The van der Waals surface area contributed by atoms with Crippen molar-refractivity contribution in [3.05, 3.63) is 17.5 Å². The Labute approximate surface area is 125 Å². The second-order valence-electron chi connectivity index (χ2n) is 6.31. The van der Waals surface area contributed by atoms with Crippen LogP contribution in [0.25, 0.3) is 0 Å². The number of ether oxygens (including phenoxy) is 1. The quantitative estimate of drug-likeness (QED) is 0.873. The van der Waals surface area contributed by atoms with Gasteiger partial charge in [-0.25, -0.2) is 0 Å². The fourth-order valence-electron chi connectivity index (χ4n) is 3.58. The normalized spacial score (nSPS) is 29.0. The molecule has 1 aliphatic heterocycles. The van der Waals surface area contributed by atoms with Crippen LogP contribution in [0.2, 0.25) is 0 Å². The highest BCUT2D eigenvalue weighted by atomic mass is 16.5. The van der Waals surface area contributed by atoms with Gasteiger partial charge in [-0.3, -0.25) is 9.48 Å². The van der Waals surface area contributed by atoms with Crippen molar-refractivity contribution in [3.63, 3.8) is 0 Å². The summed E-state index contributed by atoms with van der Waals surface area (Å²) in [5, 5.41) is 14.4. The van der Waals surface area contributed by atoms with Crippen LogP contribution >= 0.6 is 0 Å². The van der Waals surface area contributed by atoms with Gasteiger partial charge in [-0.05, 0) is 44.6 Å². The molecule has 3 rings (SSSR count). The Morgan fingerprint density at radius 1 is 1.52 bits per heavy atom. The van der Waals surface area contributed by atoms with Crippen LogP contribution in [0.15, 0.2) is 6.07 Å². The van der Waals surface area contributed by atoms with Crippen molar-refractivity contribution in [2.75, 3.05) is 6.61 Å². The molecule has 1 aromatic rings. The molecule has 2 atom stereocenters. The molecule has 2 unspecified atom stereocenters. The van der Waals surface area contributed by atoms with Gasteiger partial charge >= 0.3 is 5.97 Å². The Balaban J connectivity index is 1.92. The van der Waals surface area contributed by atoms with E-state index in [0.717, 1.165) is 37.2 Å². The van der Waals surface area contributed by atoms with Crippen molar-refractivity contribution in [2.45, 2.75) is 58.6 Å². The van der Waals surface area contributed by atoms with Crippen molar-refractivity contribution in [3.8, 4) is 0 Å². The van der Waals surface area contributed by atoms with Gasteiger partial charge in [-0.2, -0.15) is 5.10 Å². The van der Waals surface area contributed by atoms with Gasteiger partial charge in [0.2, 0.25) is 0 Å². The maximum absolute atomic E-state index is 12.0. The van der Waals surface area contributed by atoms with E-state index in [0.29, 0.717) is 25.4 Å². The maximum Gasteiger partial charge on any atom is 0.312 e. The van der Waals surface area contributed by atoms with Crippen molar-refractivity contribution < 1.29 is 14.6 Å². The summed E-state index contributed by atoms with van der Waals surface area (Å²) >= 11 is 0. The van der Waals surface area contributed by atoms with Crippen LogP contribution in [0.5, 0.6) is 0 Å². The van der Waals surface area contributed by atoms with Crippen molar-refractivity contribution in [1.29, 1.82) is 0 Å². The van der Waals surface area contributed by atoms with Gasteiger partial charge in [0, 0.05) is 25.3 Å². The number of nitrogens with zero attached hydrogens (tertiary/aromatic N) is 2. The van der Waals surface area contributed by atoms with E-state index in [4.69, 9.17) is 4.74 Å². The molecule has 1 aromatic heterocycles. The molecule has 2 heterocycles. The number of carbonyl (C=O) groups is 1. The molecule has 0 bridgehead atoms. The topological polar surface area (TPSA) is 64.3 Å². The average molecular weight is 292 g/mol. The van der Waals surface area contributed by atoms with E-state index in [9.17, 15) is 9.90 Å². The van der Waals surface area contributed by atoms with E-state index < -0.39 is 11.4 Å². The molecule has 2 fully saturated rings. The van der Waals surface area contributed by atoms with Crippen molar-refractivity contribution in [2.24, 2.45) is 11.3 Å². The van der Waals surface area contributed by atoms with Gasteiger partial charge < -0.3 is 9.84 Å². The summed E-state index contributed by atoms with van der Waals surface area (Å²) in [4.78, 5) is 12.0. The molecule has 1 aliphatic carbocycles. The van der Waals surface area contributed by atoms with E-state index in [1.54, 1.807) is 0 Å². The second kappa shape index (κ2) is 5.44. The van der Waals surface area contributed by atoms with E-state index in [1.165, 1.54) is 0 Å². The van der Waals surface area contributed by atoms with E-state index >= 15 is 0 Å². The molecular formula is C16H24N2O3.